The van der Waals surface area contributed by atoms with Gasteiger partial charge < -0.3 is 5.32 Å². The van der Waals surface area contributed by atoms with Crippen LogP contribution in [-0.2, 0) is 6.42 Å². The summed E-state index contributed by atoms with van der Waals surface area (Å²) in [4.78, 5) is 10.1. The van der Waals surface area contributed by atoms with Crippen molar-refractivity contribution in [3.63, 3.8) is 0 Å². The van der Waals surface area contributed by atoms with Gasteiger partial charge in [0.2, 0.25) is 0 Å². The number of benzene rings is 1. The van der Waals surface area contributed by atoms with E-state index in [9.17, 15) is 0 Å². The van der Waals surface area contributed by atoms with Crippen molar-refractivity contribution in [2.75, 3.05) is 5.32 Å². The van der Waals surface area contributed by atoms with E-state index in [1.165, 1.54) is 4.88 Å². The van der Waals surface area contributed by atoms with Crippen molar-refractivity contribution in [1.29, 1.82) is 5.26 Å². The fourth-order valence-corrected chi connectivity index (χ4v) is 3.19. The van der Waals surface area contributed by atoms with Crippen molar-refractivity contribution < 1.29 is 0 Å². The van der Waals surface area contributed by atoms with Crippen LogP contribution in [0.25, 0.3) is 10.9 Å². The second-order valence-corrected chi connectivity index (χ2v) is 6.22. The van der Waals surface area contributed by atoms with Gasteiger partial charge in [0.05, 0.1) is 11.6 Å². The highest BCUT2D eigenvalue weighted by molar-refractivity contribution is 7.11. The molecule has 1 unspecified atom stereocenters. The molecule has 0 aliphatic carbocycles. The van der Waals surface area contributed by atoms with Crippen LogP contribution < -0.4 is 5.32 Å². The third kappa shape index (κ3) is 2.78. The zero-order valence-corrected chi connectivity index (χ0v) is 13.3. The molecule has 2 heterocycles. The van der Waals surface area contributed by atoms with Crippen LogP contribution in [0.3, 0.4) is 0 Å². The van der Waals surface area contributed by atoms with Crippen LogP contribution in [0.1, 0.15) is 35.5 Å². The Morgan fingerprint density at radius 1 is 1.36 bits per heavy atom. The summed E-state index contributed by atoms with van der Waals surface area (Å²) in [5, 5.41) is 14.7. The van der Waals surface area contributed by atoms with Gasteiger partial charge in [-0.1, -0.05) is 25.1 Å². The van der Waals surface area contributed by atoms with Crippen LogP contribution in [-0.4, -0.2) is 9.97 Å². The van der Waals surface area contributed by atoms with Gasteiger partial charge in [-0.3, -0.25) is 0 Å². The summed E-state index contributed by atoms with van der Waals surface area (Å²) < 4.78 is 0. The van der Waals surface area contributed by atoms with Gasteiger partial charge in [-0.15, -0.1) is 11.3 Å². The summed E-state index contributed by atoms with van der Waals surface area (Å²) in [6.45, 7) is 4.21. The number of para-hydroxylation sites is 1. The third-order valence-corrected chi connectivity index (χ3v) is 4.82. The van der Waals surface area contributed by atoms with Crippen molar-refractivity contribution in [3.8, 4) is 6.07 Å². The van der Waals surface area contributed by atoms with Crippen molar-refractivity contribution in [1.82, 2.24) is 9.97 Å². The molecule has 3 rings (SSSR count). The van der Waals surface area contributed by atoms with Crippen LogP contribution in [0.5, 0.6) is 0 Å². The molecule has 1 aromatic carbocycles. The highest BCUT2D eigenvalue weighted by Gasteiger charge is 2.13. The molecule has 0 fully saturated rings. The van der Waals surface area contributed by atoms with Crippen LogP contribution in [0, 0.1) is 11.3 Å². The van der Waals surface area contributed by atoms with Gasteiger partial charge in [0.1, 0.15) is 16.8 Å². The lowest BCUT2D eigenvalue weighted by atomic mass is 10.1. The van der Waals surface area contributed by atoms with E-state index in [0.717, 1.165) is 28.0 Å². The number of nitriles is 1. The molecule has 0 spiro atoms. The van der Waals surface area contributed by atoms with Crippen molar-refractivity contribution in [2.45, 2.75) is 26.3 Å². The number of hydrogen-bond acceptors (Lipinski definition) is 5. The van der Waals surface area contributed by atoms with Crippen molar-refractivity contribution in [3.05, 3.63) is 52.1 Å². The molecule has 0 aliphatic heterocycles. The van der Waals surface area contributed by atoms with Crippen LogP contribution in [0.2, 0.25) is 0 Å². The first-order chi connectivity index (χ1) is 10.7. The number of rotatable bonds is 4. The Morgan fingerprint density at radius 3 is 2.91 bits per heavy atom. The number of nitrogens with zero attached hydrogens (tertiary/aromatic N) is 3. The number of hydrogen-bond donors (Lipinski definition) is 1. The highest BCUT2D eigenvalue weighted by atomic mass is 32.1. The van der Waals surface area contributed by atoms with Gasteiger partial charge in [-0.2, -0.15) is 5.26 Å². The smallest absolute Gasteiger partial charge is 0.143 e. The Labute approximate surface area is 133 Å². The Kier molecular flexibility index (Phi) is 4.03. The molecular formula is C17H16N4S. The molecule has 0 amide bonds. The summed E-state index contributed by atoms with van der Waals surface area (Å²) in [5.74, 6) is 0. The van der Waals surface area contributed by atoms with Gasteiger partial charge in [-0.25, -0.2) is 9.97 Å². The Bertz CT molecular complexity index is 847. The Hall–Kier alpha value is -2.45. The summed E-state index contributed by atoms with van der Waals surface area (Å²) in [6.07, 6.45) is 2.94. The van der Waals surface area contributed by atoms with Gasteiger partial charge in [0.15, 0.2) is 0 Å². The maximum absolute atomic E-state index is 9.16. The SMILES string of the molecule is CCc1cnc(C(C)Nc2cc(C#N)nc3ccccc23)s1. The molecule has 0 bridgehead atoms. The quantitative estimate of drug-likeness (QED) is 0.780. The number of pyridine rings is 1. The minimum Gasteiger partial charge on any atom is -0.375 e. The average molecular weight is 308 g/mol. The molecule has 1 N–H and O–H groups in total. The molecule has 110 valence electrons. The molecular weight excluding hydrogens is 292 g/mol. The van der Waals surface area contributed by atoms with E-state index in [-0.39, 0.29) is 6.04 Å². The zero-order chi connectivity index (χ0) is 15.5. The van der Waals surface area contributed by atoms with Crippen LogP contribution >= 0.6 is 11.3 Å². The fraction of sp³-hybridized carbons (Fsp3) is 0.235. The molecule has 0 saturated carbocycles. The predicted octanol–water partition coefficient (Wildman–Crippen LogP) is 4.30. The lowest BCUT2D eigenvalue weighted by Crippen LogP contribution is -2.07. The molecule has 3 aromatic rings. The minimum atomic E-state index is 0.0858. The minimum absolute atomic E-state index is 0.0858. The standard InChI is InChI=1S/C17H16N4S/c1-3-13-10-19-17(22-13)11(2)20-16-8-12(9-18)21-15-7-5-4-6-14(15)16/h4-8,10-11H,3H2,1-2H3,(H,20,21). The molecule has 2 aromatic heterocycles. The lowest BCUT2D eigenvalue weighted by molar-refractivity contribution is 0.871. The molecule has 4 nitrogen and oxygen atoms in total. The lowest BCUT2D eigenvalue weighted by Gasteiger charge is -2.15. The second kappa shape index (κ2) is 6.12. The summed E-state index contributed by atoms with van der Waals surface area (Å²) in [5.41, 5.74) is 2.16. The van der Waals surface area contributed by atoms with Crippen molar-refractivity contribution in [2.24, 2.45) is 0 Å². The number of nitrogens with one attached hydrogen (secondary N) is 1. The number of thiazole rings is 1. The first-order valence-corrected chi connectivity index (χ1v) is 8.04. The summed E-state index contributed by atoms with van der Waals surface area (Å²) in [7, 11) is 0. The highest BCUT2D eigenvalue weighted by Crippen LogP contribution is 2.28. The maximum Gasteiger partial charge on any atom is 0.143 e. The van der Waals surface area contributed by atoms with Crippen molar-refractivity contribution >= 4 is 27.9 Å². The van der Waals surface area contributed by atoms with E-state index in [4.69, 9.17) is 5.26 Å². The monoisotopic (exact) mass is 308 g/mol. The first kappa shape index (κ1) is 14.5. The third-order valence-electron chi connectivity index (χ3n) is 3.49. The largest absolute Gasteiger partial charge is 0.375 e. The van der Waals surface area contributed by atoms with E-state index in [1.54, 1.807) is 17.4 Å². The Morgan fingerprint density at radius 2 is 2.18 bits per heavy atom. The van der Waals surface area contributed by atoms with Crippen LogP contribution in [0.4, 0.5) is 5.69 Å². The van der Waals surface area contributed by atoms with Gasteiger partial charge >= 0.3 is 0 Å². The van der Waals surface area contributed by atoms with Crippen LogP contribution in [0.15, 0.2) is 36.5 Å². The van der Waals surface area contributed by atoms with E-state index in [0.29, 0.717) is 5.69 Å². The maximum atomic E-state index is 9.16. The number of aryl methyl sites for hydroxylation is 1. The van der Waals surface area contributed by atoms with E-state index >= 15 is 0 Å². The topological polar surface area (TPSA) is 61.6 Å². The number of fused-ring (bicyclic) bond motifs is 1. The normalized spacial score (nSPS) is 12.0. The number of anilines is 1. The second-order valence-electron chi connectivity index (χ2n) is 5.07. The predicted molar refractivity (Wildman–Crippen MR) is 90.0 cm³/mol. The summed E-state index contributed by atoms with van der Waals surface area (Å²) in [6, 6.07) is 11.8. The van der Waals surface area contributed by atoms with Gasteiger partial charge in [0.25, 0.3) is 0 Å². The fourth-order valence-electron chi connectivity index (χ4n) is 2.33. The van der Waals surface area contributed by atoms with E-state index in [1.807, 2.05) is 30.5 Å². The molecule has 0 saturated heterocycles. The number of aromatic nitrogens is 2. The molecule has 0 radical (unpaired) electrons. The molecule has 0 aliphatic rings. The molecule has 1 atom stereocenters. The Balaban J connectivity index is 1.97. The zero-order valence-electron chi connectivity index (χ0n) is 12.5. The molecule has 22 heavy (non-hydrogen) atoms. The molecule has 5 heteroatoms. The van der Waals surface area contributed by atoms with Gasteiger partial charge in [-0.05, 0) is 25.5 Å². The van der Waals surface area contributed by atoms with Gasteiger partial charge in [0, 0.05) is 22.1 Å². The average Bonchev–Trinajstić information content (AvgIpc) is 3.04. The van der Waals surface area contributed by atoms with E-state index < -0.39 is 0 Å². The van der Waals surface area contributed by atoms with E-state index in [2.05, 4.69) is 35.2 Å². The first-order valence-electron chi connectivity index (χ1n) is 7.22. The summed E-state index contributed by atoms with van der Waals surface area (Å²) >= 11 is 1.72.